The van der Waals surface area contributed by atoms with Gasteiger partial charge in [0, 0.05) is 20.8 Å². The van der Waals surface area contributed by atoms with E-state index >= 15 is 0 Å². The Bertz CT molecular complexity index is 365. The molecule has 7 heteroatoms. The maximum Gasteiger partial charge on any atom is 0.303 e. The summed E-state index contributed by atoms with van der Waals surface area (Å²) >= 11 is 0. The molecule has 0 unspecified atom stereocenters. The van der Waals surface area contributed by atoms with Crippen LogP contribution in [0, 0.1) is 6.10 Å². The van der Waals surface area contributed by atoms with Crippen LogP contribution in [0.4, 0.5) is 0 Å². The van der Waals surface area contributed by atoms with E-state index in [4.69, 9.17) is 18.9 Å². The van der Waals surface area contributed by atoms with Gasteiger partial charge in [-0.25, -0.2) is 0 Å². The first-order valence-electron chi connectivity index (χ1n) is 5.79. The number of rotatable bonds is 4. The van der Waals surface area contributed by atoms with Crippen LogP contribution in [0.15, 0.2) is 0 Å². The molecule has 0 aliphatic carbocycles. The van der Waals surface area contributed by atoms with E-state index in [0.29, 0.717) is 6.10 Å². The van der Waals surface area contributed by atoms with Crippen LogP contribution in [0.1, 0.15) is 27.7 Å². The lowest BCUT2D eigenvalue weighted by Crippen LogP contribution is -2.39. The predicted octanol–water partition coefficient (Wildman–Crippen LogP) is 0.364. The second-order valence-corrected chi connectivity index (χ2v) is 4.17. The molecule has 1 heterocycles. The first-order valence-corrected chi connectivity index (χ1v) is 5.79. The highest BCUT2D eigenvalue weighted by atomic mass is 16.6. The molecule has 19 heavy (non-hydrogen) atoms. The van der Waals surface area contributed by atoms with Gasteiger partial charge >= 0.3 is 17.9 Å². The van der Waals surface area contributed by atoms with Gasteiger partial charge in [0.25, 0.3) is 0 Å². The van der Waals surface area contributed by atoms with E-state index in [9.17, 15) is 14.4 Å². The maximum absolute atomic E-state index is 11.1. The molecule has 1 aliphatic heterocycles. The molecule has 107 valence electrons. The summed E-state index contributed by atoms with van der Waals surface area (Å²) in [4.78, 5) is 32.9. The Labute approximate surface area is 111 Å². The van der Waals surface area contributed by atoms with Crippen molar-refractivity contribution < 1.29 is 33.3 Å². The van der Waals surface area contributed by atoms with E-state index in [2.05, 4.69) is 0 Å². The third-order valence-corrected chi connectivity index (χ3v) is 2.45. The van der Waals surface area contributed by atoms with Gasteiger partial charge in [-0.3, -0.25) is 14.4 Å². The summed E-state index contributed by atoms with van der Waals surface area (Å²) < 4.78 is 20.4. The molecule has 1 aliphatic rings. The minimum atomic E-state index is -0.819. The van der Waals surface area contributed by atoms with Crippen LogP contribution in [0.3, 0.4) is 0 Å². The highest BCUT2D eigenvalue weighted by Gasteiger charge is 2.48. The van der Waals surface area contributed by atoms with Gasteiger partial charge in [-0.2, -0.15) is 0 Å². The first-order chi connectivity index (χ1) is 8.81. The van der Waals surface area contributed by atoms with Crippen molar-refractivity contribution in [1.82, 2.24) is 0 Å². The second kappa shape index (κ2) is 6.51. The third kappa shape index (κ3) is 4.51. The van der Waals surface area contributed by atoms with Gasteiger partial charge in [0.05, 0.1) is 0 Å². The fourth-order valence-corrected chi connectivity index (χ4v) is 1.79. The average Bonchev–Trinajstić information content (AvgIpc) is 2.53. The Morgan fingerprint density at radius 3 is 2.11 bits per heavy atom. The van der Waals surface area contributed by atoms with Gasteiger partial charge in [-0.15, -0.1) is 0 Å². The lowest BCUT2D eigenvalue weighted by Gasteiger charge is -2.22. The SMILES string of the molecule is C[C]1O[C@@H](COC(C)=O)[C@H](OC(C)=O)[C@@H]1OC(C)=O. The van der Waals surface area contributed by atoms with Crippen LogP contribution in [-0.4, -0.2) is 42.8 Å². The zero-order valence-electron chi connectivity index (χ0n) is 11.3. The van der Waals surface area contributed by atoms with Crippen molar-refractivity contribution in [3.05, 3.63) is 6.10 Å². The predicted molar refractivity (Wildman–Crippen MR) is 61.5 cm³/mol. The van der Waals surface area contributed by atoms with Crippen molar-refractivity contribution in [3.8, 4) is 0 Å². The third-order valence-electron chi connectivity index (χ3n) is 2.45. The van der Waals surface area contributed by atoms with Gasteiger partial charge in [0.15, 0.2) is 12.2 Å². The Morgan fingerprint density at radius 2 is 1.63 bits per heavy atom. The normalized spacial score (nSPS) is 26.8. The average molecular weight is 273 g/mol. The Hall–Kier alpha value is -1.63. The van der Waals surface area contributed by atoms with Crippen LogP contribution in [0.25, 0.3) is 0 Å². The minimum Gasteiger partial charge on any atom is -0.463 e. The summed E-state index contributed by atoms with van der Waals surface area (Å²) in [5, 5.41) is 0. The highest BCUT2D eigenvalue weighted by molar-refractivity contribution is 5.68. The monoisotopic (exact) mass is 273 g/mol. The van der Waals surface area contributed by atoms with Crippen molar-refractivity contribution >= 4 is 17.9 Å². The summed E-state index contributed by atoms with van der Waals surface area (Å²) in [6.45, 7) is 5.27. The van der Waals surface area contributed by atoms with Crippen LogP contribution in [-0.2, 0) is 33.3 Å². The van der Waals surface area contributed by atoms with Crippen LogP contribution < -0.4 is 0 Å². The molecule has 3 atom stereocenters. The topological polar surface area (TPSA) is 88.1 Å². The number of hydrogen-bond donors (Lipinski definition) is 0. The Kier molecular flexibility index (Phi) is 5.29. The van der Waals surface area contributed by atoms with Crippen molar-refractivity contribution in [2.24, 2.45) is 0 Å². The molecular weight excluding hydrogens is 256 g/mol. The summed E-state index contributed by atoms with van der Waals surface area (Å²) in [5.41, 5.74) is 0. The van der Waals surface area contributed by atoms with E-state index in [1.807, 2.05) is 0 Å². The molecule has 7 nitrogen and oxygen atoms in total. The maximum atomic E-state index is 11.1. The van der Waals surface area contributed by atoms with Gasteiger partial charge in [-0.1, -0.05) is 0 Å². The fraction of sp³-hybridized carbons (Fsp3) is 0.667. The zero-order chi connectivity index (χ0) is 14.6. The number of ether oxygens (including phenoxy) is 4. The fourth-order valence-electron chi connectivity index (χ4n) is 1.79. The molecule has 0 bridgehead atoms. The zero-order valence-corrected chi connectivity index (χ0v) is 11.3. The molecular formula is C12H17O7. The number of carbonyl (C=O) groups excluding carboxylic acids is 3. The van der Waals surface area contributed by atoms with E-state index in [1.165, 1.54) is 20.8 Å². The Balaban J connectivity index is 2.76. The number of esters is 3. The summed E-state index contributed by atoms with van der Waals surface area (Å²) in [6, 6.07) is 0. The molecule has 0 aromatic heterocycles. The molecule has 0 aromatic carbocycles. The molecule has 0 amide bonds. The van der Waals surface area contributed by atoms with Gasteiger partial charge in [0.1, 0.15) is 18.8 Å². The molecule has 1 fully saturated rings. The number of hydrogen-bond acceptors (Lipinski definition) is 7. The van der Waals surface area contributed by atoms with E-state index in [-0.39, 0.29) is 6.61 Å². The largest absolute Gasteiger partial charge is 0.463 e. The van der Waals surface area contributed by atoms with E-state index in [1.54, 1.807) is 6.92 Å². The second-order valence-electron chi connectivity index (χ2n) is 4.17. The van der Waals surface area contributed by atoms with Crippen LogP contribution >= 0.6 is 0 Å². The summed E-state index contributed by atoms with van der Waals surface area (Å²) in [7, 11) is 0. The van der Waals surface area contributed by atoms with Crippen molar-refractivity contribution in [3.63, 3.8) is 0 Å². The van der Waals surface area contributed by atoms with Crippen LogP contribution in [0.2, 0.25) is 0 Å². The molecule has 1 rings (SSSR count). The van der Waals surface area contributed by atoms with Gasteiger partial charge < -0.3 is 18.9 Å². The van der Waals surface area contributed by atoms with Gasteiger partial charge in [0.2, 0.25) is 0 Å². The standard InChI is InChI=1S/C12H17O7/c1-6-11(18-8(3)14)12(19-9(4)15)10(17-6)5-16-7(2)13/h10-12H,5H2,1-4H3/t10-,11+,12-/m0/s1. The first kappa shape index (κ1) is 15.4. The molecule has 0 aromatic rings. The van der Waals surface area contributed by atoms with Crippen molar-refractivity contribution in [1.29, 1.82) is 0 Å². The van der Waals surface area contributed by atoms with Crippen molar-refractivity contribution in [2.75, 3.05) is 6.61 Å². The molecule has 0 N–H and O–H groups in total. The van der Waals surface area contributed by atoms with Crippen molar-refractivity contribution in [2.45, 2.75) is 46.0 Å². The lowest BCUT2D eigenvalue weighted by molar-refractivity contribution is -0.165. The quantitative estimate of drug-likeness (QED) is 0.540. The van der Waals surface area contributed by atoms with E-state index < -0.39 is 36.2 Å². The smallest absolute Gasteiger partial charge is 0.303 e. The van der Waals surface area contributed by atoms with Crippen LogP contribution in [0.5, 0.6) is 0 Å². The molecule has 1 radical (unpaired) electrons. The van der Waals surface area contributed by atoms with E-state index in [0.717, 1.165) is 0 Å². The summed E-state index contributed by atoms with van der Waals surface area (Å²) in [6.07, 6.45) is -1.89. The summed E-state index contributed by atoms with van der Waals surface area (Å²) in [5.74, 6) is -1.52. The molecule has 0 saturated carbocycles. The Morgan fingerprint density at radius 1 is 1.05 bits per heavy atom. The lowest BCUT2D eigenvalue weighted by atomic mass is 10.1. The molecule has 0 spiro atoms. The number of carbonyl (C=O) groups is 3. The van der Waals surface area contributed by atoms with Gasteiger partial charge in [-0.05, 0) is 6.92 Å². The highest BCUT2D eigenvalue weighted by Crippen LogP contribution is 2.31. The molecule has 1 saturated heterocycles. The minimum absolute atomic E-state index is 0.0810.